The zero-order chi connectivity index (χ0) is 15.0. The van der Waals surface area contributed by atoms with Crippen molar-refractivity contribution in [3.63, 3.8) is 0 Å². The third kappa shape index (κ3) is 2.36. The van der Waals surface area contributed by atoms with Crippen LogP contribution in [-0.2, 0) is 6.42 Å². The Morgan fingerprint density at radius 3 is 2.76 bits per heavy atom. The number of rotatable bonds is 3. The van der Waals surface area contributed by atoms with Crippen molar-refractivity contribution in [1.82, 2.24) is 9.97 Å². The first-order valence-electron chi connectivity index (χ1n) is 6.87. The number of halogens is 1. The van der Waals surface area contributed by atoms with Crippen molar-refractivity contribution in [2.45, 2.75) is 20.3 Å². The number of aryl methyl sites for hydroxylation is 1. The lowest BCUT2D eigenvalue weighted by Crippen LogP contribution is -2.04. The fourth-order valence-electron chi connectivity index (χ4n) is 2.35. The summed E-state index contributed by atoms with van der Waals surface area (Å²) in [5.41, 5.74) is 2.46. The topological polar surface area (TPSA) is 51.0 Å². The standard InChI is InChI=1S/C16H16ClN3O/c1-4-13-19-14(9(2)16(18-3)20-13)12-8-10-6-5-7-11(17)15(10)21-12/h5-8H,4H2,1-3H3,(H,18,19,20). The monoisotopic (exact) mass is 301 g/mol. The summed E-state index contributed by atoms with van der Waals surface area (Å²) in [6.07, 6.45) is 0.767. The number of para-hydroxylation sites is 1. The Morgan fingerprint density at radius 2 is 2.10 bits per heavy atom. The van der Waals surface area contributed by atoms with Crippen LogP contribution in [0.1, 0.15) is 18.3 Å². The van der Waals surface area contributed by atoms with Gasteiger partial charge in [-0.1, -0.05) is 30.7 Å². The Kier molecular flexibility index (Phi) is 3.55. The number of nitrogens with one attached hydrogen (secondary N) is 1. The lowest BCUT2D eigenvalue weighted by atomic mass is 10.1. The quantitative estimate of drug-likeness (QED) is 0.776. The molecule has 0 aliphatic heterocycles. The van der Waals surface area contributed by atoms with Gasteiger partial charge in [0.2, 0.25) is 0 Å². The number of nitrogens with zero attached hydrogens (tertiary/aromatic N) is 2. The summed E-state index contributed by atoms with van der Waals surface area (Å²) in [7, 11) is 1.86. The van der Waals surface area contributed by atoms with E-state index in [1.165, 1.54) is 0 Å². The fourth-order valence-corrected chi connectivity index (χ4v) is 2.57. The van der Waals surface area contributed by atoms with Gasteiger partial charge in [0.15, 0.2) is 11.3 Å². The van der Waals surface area contributed by atoms with E-state index in [1.807, 2.05) is 45.2 Å². The van der Waals surface area contributed by atoms with E-state index in [1.54, 1.807) is 0 Å². The van der Waals surface area contributed by atoms with E-state index in [-0.39, 0.29) is 0 Å². The van der Waals surface area contributed by atoms with Gasteiger partial charge in [-0.15, -0.1) is 0 Å². The summed E-state index contributed by atoms with van der Waals surface area (Å²) in [5.74, 6) is 2.32. The second kappa shape index (κ2) is 5.37. The number of furan rings is 1. The average Bonchev–Trinajstić information content (AvgIpc) is 2.93. The van der Waals surface area contributed by atoms with E-state index < -0.39 is 0 Å². The minimum atomic E-state index is 0.606. The van der Waals surface area contributed by atoms with Crippen LogP contribution in [-0.4, -0.2) is 17.0 Å². The highest BCUT2D eigenvalue weighted by Gasteiger charge is 2.16. The Morgan fingerprint density at radius 1 is 1.29 bits per heavy atom. The average molecular weight is 302 g/mol. The van der Waals surface area contributed by atoms with E-state index in [0.717, 1.165) is 34.7 Å². The number of benzene rings is 1. The molecule has 0 fully saturated rings. The van der Waals surface area contributed by atoms with Gasteiger partial charge in [-0.05, 0) is 19.1 Å². The van der Waals surface area contributed by atoms with Crippen LogP contribution in [0.4, 0.5) is 5.82 Å². The van der Waals surface area contributed by atoms with Gasteiger partial charge >= 0.3 is 0 Å². The number of hydrogen-bond donors (Lipinski definition) is 1. The van der Waals surface area contributed by atoms with Crippen LogP contribution in [0.15, 0.2) is 28.7 Å². The maximum Gasteiger partial charge on any atom is 0.154 e. The van der Waals surface area contributed by atoms with Crippen molar-refractivity contribution in [3.8, 4) is 11.5 Å². The largest absolute Gasteiger partial charge is 0.453 e. The first-order chi connectivity index (χ1) is 10.1. The second-order valence-electron chi connectivity index (χ2n) is 4.83. The third-order valence-electron chi connectivity index (χ3n) is 3.47. The lowest BCUT2D eigenvalue weighted by molar-refractivity contribution is 0.627. The van der Waals surface area contributed by atoms with Gasteiger partial charge in [0.05, 0.1) is 5.02 Å². The molecule has 2 heterocycles. The SMILES string of the molecule is CCc1nc(NC)c(C)c(-c2cc3cccc(Cl)c3o2)n1. The Hall–Kier alpha value is -2.07. The summed E-state index contributed by atoms with van der Waals surface area (Å²) in [4.78, 5) is 9.08. The minimum absolute atomic E-state index is 0.606. The van der Waals surface area contributed by atoms with Gasteiger partial charge in [0.25, 0.3) is 0 Å². The van der Waals surface area contributed by atoms with Crippen LogP contribution in [0.3, 0.4) is 0 Å². The Balaban J connectivity index is 2.24. The van der Waals surface area contributed by atoms with E-state index in [0.29, 0.717) is 16.4 Å². The molecular weight excluding hydrogens is 286 g/mol. The van der Waals surface area contributed by atoms with Crippen molar-refractivity contribution in [1.29, 1.82) is 0 Å². The van der Waals surface area contributed by atoms with Crippen LogP contribution >= 0.6 is 11.6 Å². The van der Waals surface area contributed by atoms with Crippen LogP contribution in [0.2, 0.25) is 5.02 Å². The highest BCUT2D eigenvalue weighted by molar-refractivity contribution is 6.34. The number of hydrogen-bond acceptors (Lipinski definition) is 4. The van der Waals surface area contributed by atoms with Gasteiger partial charge in [0.1, 0.15) is 17.3 Å². The molecule has 5 heteroatoms. The summed E-state index contributed by atoms with van der Waals surface area (Å²) in [6, 6.07) is 7.67. The van der Waals surface area contributed by atoms with E-state index in [9.17, 15) is 0 Å². The minimum Gasteiger partial charge on any atom is -0.453 e. The van der Waals surface area contributed by atoms with Crippen molar-refractivity contribution in [3.05, 3.63) is 40.7 Å². The molecule has 0 aliphatic carbocycles. The molecule has 0 saturated heterocycles. The number of fused-ring (bicyclic) bond motifs is 1. The van der Waals surface area contributed by atoms with Crippen LogP contribution in [0.5, 0.6) is 0 Å². The molecular formula is C16H16ClN3O. The highest BCUT2D eigenvalue weighted by atomic mass is 35.5. The van der Waals surface area contributed by atoms with E-state index >= 15 is 0 Å². The van der Waals surface area contributed by atoms with Gasteiger partial charge in [0, 0.05) is 24.4 Å². The number of aromatic nitrogens is 2. The molecule has 4 nitrogen and oxygen atoms in total. The molecule has 0 aliphatic rings. The molecule has 0 atom stereocenters. The molecule has 1 N–H and O–H groups in total. The van der Waals surface area contributed by atoms with Crippen molar-refractivity contribution >= 4 is 28.4 Å². The predicted octanol–water partition coefficient (Wildman–Crippen LogP) is 4.46. The molecule has 3 rings (SSSR count). The highest BCUT2D eigenvalue weighted by Crippen LogP contribution is 2.33. The molecule has 0 unspecified atom stereocenters. The van der Waals surface area contributed by atoms with Gasteiger partial charge in [-0.25, -0.2) is 9.97 Å². The predicted molar refractivity (Wildman–Crippen MR) is 85.9 cm³/mol. The summed E-state index contributed by atoms with van der Waals surface area (Å²) in [5, 5.41) is 4.68. The van der Waals surface area contributed by atoms with Crippen LogP contribution < -0.4 is 5.32 Å². The fraction of sp³-hybridized carbons (Fsp3) is 0.250. The van der Waals surface area contributed by atoms with Crippen molar-refractivity contribution < 1.29 is 4.42 Å². The summed E-state index contributed by atoms with van der Waals surface area (Å²) >= 11 is 6.18. The molecule has 3 aromatic rings. The van der Waals surface area contributed by atoms with Gasteiger partial charge in [-0.2, -0.15) is 0 Å². The van der Waals surface area contributed by atoms with Gasteiger partial charge in [-0.3, -0.25) is 0 Å². The lowest BCUT2D eigenvalue weighted by Gasteiger charge is -2.09. The molecule has 0 amide bonds. The normalized spacial score (nSPS) is 11.0. The maximum absolute atomic E-state index is 6.18. The van der Waals surface area contributed by atoms with Crippen molar-refractivity contribution in [2.24, 2.45) is 0 Å². The first-order valence-corrected chi connectivity index (χ1v) is 7.25. The molecule has 0 bridgehead atoms. The van der Waals surface area contributed by atoms with E-state index in [2.05, 4.69) is 15.3 Å². The summed E-state index contributed by atoms with van der Waals surface area (Å²) < 4.78 is 5.91. The first kappa shape index (κ1) is 13.9. The molecule has 0 saturated carbocycles. The smallest absolute Gasteiger partial charge is 0.154 e. The molecule has 1 aromatic carbocycles. The van der Waals surface area contributed by atoms with Crippen LogP contribution in [0.25, 0.3) is 22.4 Å². The molecule has 21 heavy (non-hydrogen) atoms. The van der Waals surface area contributed by atoms with E-state index in [4.69, 9.17) is 16.0 Å². The molecule has 0 spiro atoms. The molecule has 108 valence electrons. The second-order valence-corrected chi connectivity index (χ2v) is 5.24. The summed E-state index contributed by atoms with van der Waals surface area (Å²) in [6.45, 7) is 4.01. The zero-order valence-electron chi connectivity index (χ0n) is 12.2. The van der Waals surface area contributed by atoms with Gasteiger partial charge < -0.3 is 9.73 Å². The number of anilines is 1. The Labute approximate surface area is 128 Å². The molecule has 0 radical (unpaired) electrons. The third-order valence-corrected chi connectivity index (χ3v) is 3.77. The Bertz CT molecular complexity index is 811. The van der Waals surface area contributed by atoms with Crippen LogP contribution in [0, 0.1) is 6.92 Å². The maximum atomic E-state index is 6.18. The zero-order valence-corrected chi connectivity index (χ0v) is 13.0. The van der Waals surface area contributed by atoms with Crippen molar-refractivity contribution in [2.75, 3.05) is 12.4 Å². The molecule has 2 aromatic heterocycles.